The Hall–Kier alpha value is -1.03. The van der Waals surface area contributed by atoms with Crippen LogP contribution in [0.25, 0.3) is 0 Å². The molecule has 1 amide bonds. The highest BCUT2D eigenvalue weighted by atomic mass is 79.9. The van der Waals surface area contributed by atoms with Gasteiger partial charge in [0, 0.05) is 15.9 Å². The van der Waals surface area contributed by atoms with Crippen LogP contribution in [0.1, 0.15) is 45.2 Å². The minimum absolute atomic E-state index is 0.116. The van der Waals surface area contributed by atoms with Gasteiger partial charge < -0.3 is 10.4 Å². The van der Waals surface area contributed by atoms with E-state index >= 15 is 0 Å². The molecule has 0 saturated heterocycles. The first-order valence-corrected chi connectivity index (χ1v) is 7.72. The van der Waals surface area contributed by atoms with Gasteiger partial charge in [-0.25, -0.2) is 4.79 Å². The molecule has 1 aromatic carbocycles. The Morgan fingerprint density at radius 2 is 2.10 bits per heavy atom. The van der Waals surface area contributed by atoms with Gasteiger partial charge in [-0.2, -0.15) is 0 Å². The van der Waals surface area contributed by atoms with Crippen molar-refractivity contribution in [2.75, 3.05) is 0 Å². The summed E-state index contributed by atoms with van der Waals surface area (Å²) >= 11 is 3.51. The highest BCUT2D eigenvalue weighted by Crippen LogP contribution is 2.46. The first-order valence-electron chi connectivity index (χ1n) is 6.93. The number of benzene rings is 1. The lowest BCUT2D eigenvalue weighted by Crippen LogP contribution is -2.54. The molecule has 3 nitrogen and oxygen atoms in total. The number of halogens is 1. The van der Waals surface area contributed by atoms with E-state index in [1.165, 1.54) is 11.1 Å². The van der Waals surface area contributed by atoms with Crippen LogP contribution in [0.2, 0.25) is 0 Å². The third kappa shape index (κ3) is 2.71. The van der Waals surface area contributed by atoms with E-state index in [9.17, 15) is 9.90 Å². The van der Waals surface area contributed by atoms with E-state index in [1.54, 1.807) is 0 Å². The van der Waals surface area contributed by atoms with E-state index in [0.29, 0.717) is 0 Å². The number of fused-ring (bicyclic) bond motifs is 1. The van der Waals surface area contributed by atoms with Gasteiger partial charge in [-0.1, -0.05) is 49.7 Å². The van der Waals surface area contributed by atoms with E-state index in [-0.39, 0.29) is 16.9 Å². The highest BCUT2D eigenvalue weighted by Gasteiger charge is 2.46. The van der Waals surface area contributed by atoms with Crippen LogP contribution in [-0.2, 0) is 11.8 Å². The molecule has 2 rings (SSSR count). The Morgan fingerprint density at radius 1 is 1.45 bits per heavy atom. The maximum Gasteiger partial charge on any atom is 0.404 e. The van der Waals surface area contributed by atoms with Gasteiger partial charge in [-0.05, 0) is 41.5 Å². The van der Waals surface area contributed by atoms with E-state index in [2.05, 4.69) is 61.1 Å². The van der Waals surface area contributed by atoms with Crippen molar-refractivity contribution in [1.82, 2.24) is 5.32 Å². The Morgan fingerprint density at radius 3 is 2.65 bits per heavy atom. The van der Waals surface area contributed by atoms with Crippen LogP contribution in [0.3, 0.4) is 0 Å². The lowest BCUT2D eigenvalue weighted by molar-refractivity contribution is 0.142. The second-order valence-electron chi connectivity index (χ2n) is 6.97. The first-order chi connectivity index (χ1) is 9.14. The second kappa shape index (κ2) is 5.06. The van der Waals surface area contributed by atoms with Crippen LogP contribution in [-0.4, -0.2) is 17.2 Å². The summed E-state index contributed by atoms with van der Waals surface area (Å²) in [5.41, 5.74) is 2.30. The summed E-state index contributed by atoms with van der Waals surface area (Å²) in [6, 6.07) is 6.22. The smallest absolute Gasteiger partial charge is 0.404 e. The number of carboxylic acid groups (broad SMARTS) is 1. The molecular formula is C16H22BrNO2. The molecule has 1 aromatic rings. The number of amides is 1. The van der Waals surface area contributed by atoms with Gasteiger partial charge in [0.2, 0.25) is 0 Å². The van der Waals surface area contributed by atoms with Crippen LogP contribution < -0.4 is 5.32 Å². The second-order valence-corrected chi connectivity index (χ2v) is 7.88. The van der Waals surface area contributed by atoms with Crippen LogP contribution >= 0.6 is 15.9 Å². The Bertz CT molecular complexity index is 536. The zero-order chi connectivity index (χ0) is 15.1. The fourth-order valence-corrected chi connectivity index (χ4v) is 4.02. The number of hydrogen-bond donors (Lipinski definition) is 2. The van der Waals surface area contributed by atoms with Crippen LogP contribution in [0.4, 0.5) is 4.79 Å². The van der Waals surface area contributed by atoms with Crippen molar-refractivity contribution >= 4 is 22.0 Å². The number of carbonyl (C=O) groups is 1. The van der Waals surface area contributed by atoms with E-state index in [1.807, 2.05) is 6.07 Å². The predicted molar refractivity (Wildman–Crippen MR) is 84.2 cm³/mol. The molecule has 0 fully saturated rings. The Kier molecular flexibility index (Phi) is 3.89. The summed E-state index contributed by atoms with van der Waals surface area (Å²) in [7, 11) is 0. The van der Waals surface area contributed by atoms with Crippen LogP contribution in [0.5, 0.6) is 0 Å². The third-order valence-electron chi connectivity index (χ3n) is 4.37. The molecule has 1 aliphatic carbocycles. The molecule has 0 bridgehead atoms. The molecule has 0 radical (unpaired) electrons. The maximum atomic E-state index is 11.2. The molecule has 0 heterocycles. The van der Waals surface area contributed by atoms with Crippen LogP contribution in [0.15, 0.2) is 22.7 Å². The SMILES string of the molecule is CC(C)(C)C(NC(=O)O)C1(C)CCc2cc(Br)ccc21. The fourth-order valence-electron chi connectivity index (χ4n) is 3.61. The number of rotatable bonds is 2. The highest BCUT2D eigenvalue weighted by molar-refractivity contribution is 9.10. The molecule has 2 N–H and O–H groups in total. The zero-order valence-electron chi connectivity index (χ0n) is 12.5. The minimum atomic E-state index is -0.947. The number of aryl methyl sites for hydroxylation is 1. The van der Waals surface area contributed by atoms with Crippen molar-refractivity contribution in [1.29, 1.82) is 0 Å². The summed E-state index contributed by atoms with van der Waals surface area (Å²) in [4.78, 5) is 11.2. The maximum absolute atomic E-state index is 11.2. The van der Waals surface area contributed by atoms with Crippen molar-refractivity contribution in [2.24, 2.45) is 5.41 Å². The van der Waals surface area contributed by atoms with Crippen molar-refractivity contribution in [3.05, 3.63) is 33.8 Å². The quantitative estimate of drug-likeness (QED) is 0.842. The molecule has 1 aliphatic rings. The van der Waals surface area contributed by atoms with E-state index < -0.39 is 6.09 Å². The molecule has 110 valence electrons. The average Bonchev–Trinajstić information content (AvgIpc) is 2.63. The van der Waals surface area contributed by atoms with E-state index in [4.69, 9.17) is 0 Å². The lowest BCUT2D eigenvalue weighted by atomic mass is 9.67. The van der Waals surface area contributed by atoms with Crippen molar-refractivity contribution in [3.63, 3.8) is 0 Å². The average molecular weight is 340 g/mol. The van der Waals surface area contributed by atoms with Gasteiger partial charge in [0.1, 0.15) is 0 Å². The van der Waals surface area contributed by atoms with Gasteiger partial charge in [-0.3, -0.25) is 0 Å². The normalized spacial score (nSPS) is 23.2. The molecule has 0 aliphatic heterocycles. The molecule has 0 spiro atoms. The summed E-state index contributed by atoms with van der Waals surface area (Å²) in [5.74, 6) is 0. The monoisotopic (exact) mass is 339 g/mol. The largest absolute Gasteiger partial charge is 0.465 e. The minimum Gasteiger partial charge on any atom is -0.465 e. The zero-order valence-corrected chi connectivity index (χ0v) is 14.0. The number of nitrogens with one attached hydrogen (secondary N) is 1. The Labute approximate surface area is 128 Å². The van der Waals surface area contributed by atoms with Crippen molar-refractivity contribution in [2.45, 2.75) is 52.0 Å². The van der Waals surface area contributed by atoms with Gasteiger partial charge >= 0.3 is 6.09 Å². The molecule has 0 aromatic heterocycles. The summed E-state index contributed by atoms with van der Waals surface area (Å²) in [5, 5.41) is 12.0. The summed E-state index contributed by atoms with van der Waals surface area (Å²) in [6.45, 7) is 8.46. The summed E-state index contributed by atoms with van der Waals surface area (Å²) in [6.07, 6.45) is 1.02. The molecule has 2 atom stereocenters. The molecule has 4 heteroatoms. The third-order valence-corrected chi connectivity index (χ3v) is 4.86. The molecular weight excluding hydrogens is 318 g/mol. The van der Waals surface area contributed by atoms with Crippen molar-refractivity contribution < 1.29 is 9.90 Å². The van der Waals surface area contributed by atoms with Gasteiger partial charge in [0.05, 0.1) is 0 Å². The fraction of sp³-hybridized carbons (Fsp3) is 0.562. The van der Waals surface area contributed by atoms with Gasteiger partial charge in [-0.15, -0.1) is 0 Å². The topological polar surface area (TPSA) is 49.3 Å². The van der Waals surface area contributed by atoms with E-state index in [0.717, 1.165) is 17.3 Å². The standard InChI is InChI=1S/C16H22BrNO2/c1-15(2,3)13(18-14(19)20)16(4)8-7-10-9-11(17)5-6-12(10)16/h5-6,9,13,18H,7-8H2,1-4H3,(H,19,20). The molecule has 20 heavy (non-hydrogen) atoms. The lowest BCUT2D eigenvalue weighted by Gasteiger charge is -2.43. The van der Waals surface area contributed by atoms with Gasteiger partial charge in [0.25, 0.3) is 0 Å². The summed E-state index contributed by atoms with van der Waals surface area (Å²) < 4.78 is 1.08. The number of hydrogen-bond acceptors (Lipinski definition) is 1. The molecule has 2 unspecified atom stereocenters. The van der Waals surface area contributed by atoms with Crippen molar-refractivity contribution in [3.8, 4) is 0 Å². The predicted octanol–water partition coefficient (Wildman–Crippen LogP) is 4.34. The van der Waals surface area contributed by atoms with Crippen LogP contribution in [0, 0.1) is 5.41 Å². The van der Waals surface area contributed by atoms with Gasteiger partial charge in [0.15, 0.2) is 0 Å². The Balaban J connectivity index is 2.47. The molecule has 0 saturated carbocycles. The first kappa shape index (κ1) is 15.4.